The van der Waals surface area contributed by atoms with Gasteiger partial charge < -0.3 is 5.11 Å². The third kappa shape index (κ3) is 2.93. The van der Waals surface area contributed by atoms with Gasteiger partial charge in [-0.05, 0) is 18.2 Å². The van der Waals surface area contributed by atoms with Crippen LogP contribution in [-0.4, -0.2) is 29.3 Å². The SMILES string of the molecule is O=C(c1cc(Cl)ccc1Cl)C(O)S(=O)(=O)O. The Morgan fingerprint density at radius 3 is 2.38 bits per heavy atom. The number of Topliss-reactive ketones (excluding diaryl/α,β-unsaturated/α-hetero) is 1. The zero-order valence-electron chi connectivity index (χ0n) is 7.59. The van der Waals surface area contributed by atoms with E-state index in [1.165, 1.54) is 12.1 Å². The lowest BCUT2D eigenvalue weighted by Crippen LogP contribution is -2.29. The number of halogens is 2. The number of rotatable bonds is 3. The van der Waals surface area contributed by atoms with Crippen molar-refractivity contribution in [2.75, 3.05) is 0 Å². The molecule has 0 saturated heterocycles. The summed E-state index contributed by atoms with van der Waals surface area (Å²) in [6, 6.07) is 3.76. The minimum Gasteiger partial charge on any atom is -0.369 e. The smallest absolute Gasteiger partial charge is 0.299 e. The molecule has 0 spiro atoms. The van der Waals surface area contributed by atoms with Crippen LogP contribution in [0.1, 0.15) is 10.4 Å². The van der Waals surface area contributed by atoms with Gasteiger partial charge in [0.15, 0.2) is 0 Å². The van der Waals surface area contributed by atoms with Crippen molar-refractivity contribution in [3.8, 4) is 0 Å². The van der Waals surface area contributed by atoms with Crippen LogP contribution >= 0.6 is 23.2 Å². The quantitative estimate of drug-likeness (QED) is 0.646. The Morgan fingerprint density at radius 1 is 1.31 bits per heavy atom. The van der Waals surface area contributed by atoms with Gasteiger partial charge in [0.05, 0.1) is 5.02 Å². The molecule has 2 N–H and O–H groups in total. The molecule has 8 heteroatoms. The summed E-state index contributed by atoms with van der Waals surface area (Å²) in [5.41, 5.74) is -2.84. The maximum Gasteiger partial charge on any atom is 0.299 e. The topological polar surface area (TPSA) is 91.7 Å². The van der Waals surface area contributed by atoms with E-state index < -0.39 is 21.3 Å². The van der Waals surface area contributed by atoms with E-state index in [1.54, 1.807) is 0 Å². The molecule has 5 nitrogen and oxygen atoms in total. The number of aliphatic hydroxyl groups excluding tert-OH is 1. The highest BCUT2D eigenvalue weighted by Crippen LogP contribution is 2.22. The minimum atomic E-state index is -4.88. The normalized spacial score (nSPS) is 13.5. The molecule has 1 rings (SSSR count). The summed E-state index contributed by atoms with van der Waals surface area (Å²) in [7, 11) is -4.88. The molecule has 1 aromatic rings. The lowest BCUT2D eigenvalue weighted by molar-refractivity contribution is 0.0848. The van der Waals surface area contributed by atoms with Crippen LogP contribution in [0.5, 0.6) is 0 Å². The highest BCUT2D eigenvalue weighted by molar-refractivity contribution is 7.87. The second-order valence-corrected chi connectivity index (χ2v) is 5.18. The van der Waals surface area contributed by atoms with Crippen LogP contribution in [-0.2, 0) is 10.1 Å². The average Bonchev–Trinajstić information content (AvgIpc) is 2.18. The average molecular weight is 285 g/mol. The van der Waals surface area contributed by atoms with Crippen LogP contribution < -0.4 is 0 Å². The molecule has 88 valence electrons. The zero-order valence-corrected chi connectivity index (χ0v) is 9.92. The van der Waals surface area contributed by atoms with Crippen molar-refractivity contribution in [2.45, 2.75) is 5.44 Å². The highest BCUT2D eigenvalue weighted by Gasteiger charge is 2.30. The molecule has 0 amide bonds. The number of carbonyl (C=O) groups excluding carboxylic acids is 1. The zero-order chi connectivity index (χ0) is 12.5. The lowest BCUT2D eigenvalue weighted by Gasteiger charge is -2.07. The third-order valence-electron chi connectivity index (χ3n) is 1.70. The van der Waals surface area contributed by atoms with Crippen molar-refractivity contribution in [3.63, 3.8) is 0 Å². The third-order valence-corrected chi connectivity index (χ3v) is 3.04. The van der Waals surface area contributed by atoms with Gasteiger partial charge >= 0.3 is 0 Å². The second-order valence-electron chi connectivity index (χ2n) is 2.86. The van der Waals surface area contributed by atoms with Crippen molar-refractivity contribution in [3.05, 3.63) is 33.8 Å². The molecule has 0 bridgehead atoms. The number of benzene rings is 1. The van der Waals surface area contributed by atoms with Gasteiger partial charge in [0.25, 0.3) is 10.1 Å². The Bertz CT molecular complexity index is 525. The van der Waals surface area contributed by atoms with Gasteiger partial charge in [0, 0.05) is 10.6 Å². The monoisotopic (exact) mass is 284 g/mol. The molecule has 16 heavy (non-hydrogen) atoms. The van der Waals surface area contributed by atoms with Gasteiger partial charge in [-0.15, -0.1) is 0 Å². The van der Waals surface area contributed by atoms with Crippen molar-refractivity contribution in [2.24, 2.45) is 0 Å². The van der Waals surface area contributed by atoms with Crippen molar-refractivity contribution in [1.29, 1.82) is 0 Å². The Balaban J connectivity index is 3.20. The van der Waals surface area contributed by atoms with E-state index in [1.807, 2.05) is 0 Å². The lowest BCUT2D eigenvalue weighted by atomic mass is 10.1. The number of hydrogen-bond acceptors (Lipinski definition) is 4. The molecule has 0 aliphatic carbocycles. The summed E-state index contributed by atoms with van der Waals surface area (Å²) in [5, 5.41) is 9.11. The summed E-state index contributed by atoms with van der Waals surface area (Å²) < 4.78 is 29.6. The molecule has 0 aliphatic heterocycles. The van der Waals surface area contributed by atoms with Crippen molar-refractivity contribution < 1.29 is 22.9 Å². The van der Waals surface area contributed by atoms with E-state index >= 15 is 0 Å². The number of hydrogen-bond donors (Lipinski definition) is 2. The van der Waals surface area contributed by atoms with E-state index in [2.05, 4.69) is 0 Å². The fourth-order valence-corrected chi connectivity index (χ4v) is 1.73. The Morgan fingerprint density at radius 2 is 1.88 bits per heavy atom. The minimum absolute atomic E-state index is 0.0721. The van der Waals surface area contributed by atoms with Crippen molar-refractivity contribution in [1.82, 2.24) is 0 Å². The predicted octanol–water partition coefficient (Wildman–Crippen LogP) is 1.38. The van der Waals surface area contributed by atoms with Gasteiger partial charge in [-0.2, -0.15) is 8.42 Å². The second kappa shape index (κ2) is 4.68. The molecule has 0 aromatic heterocycles. The largest absolute Gasteiger partial charge is 0.369 e. The van der Waals surface area contributed by atoms with E-state index in [9.17, 15) is 13.2 Å². The van der Waals surface area contributed by atoms with E-state index in [4.69, 9.17) is 32.9 Å². The van der Waals surface area contributed by atoms with E-state index in [-0.39, 0.29) is 15.6 Å². The van der Waals surface area contributed by atoms with Crippen LogP contribution in [0.15, 0.2) is 18.2 Å². The molecule has 1 unspecified atom stereocenters. The van der Waals surface area contributed by atoms with Crippen molar-refractivity contribution >= 4 is 39.1 Å². The van der Waals surface area contributed by atoms with Gasteiger partial charge in [0.2, 0.25) is 11.2 Å². The Kier molecular flexibility index (Phi) is 3.92. The van der Waals surface area contributed by atoms with Gasteiger partial charge in [-0.1, -0.05) is 23.2 Å². The molecule has 1 atom stereocenters. The van der Waals surface area contributed by atoms with Gasteiger partial charge in [-0.25, -0.2) is 0 Å². The molecule has 1 aromatic carbocycles. The Hall–Kier alpha value is -0.660. The fourth-order valence-electron chi connectivity index (χ4n) is 0.955. The van der Waals surface area contributed by atoms with Crippen LogP contribution in [0, 0.1) is 0 Å². The first-order valence-corrected chi connectivity index (χ1v) is 6.13. The summed E-state index contributed by atoms with van der Waals surface area (Å²) in [4.78, 5) is 11.4. The van der Waals surface area contributed by atoms with E-state index in [0.717, 1.165) is 6.07 Å². The van der Waals surface area contributed by atoms with Crippen LogP contribution in [0.25, 0.3) is 0 Å². The van der Waals surface area contributed by atoms with Gasteiger partial charge in [0.1, 0.15) is 0 Å². The molecule has 0 fully saturated rings. The molecule has 0 radical (unpaired) electrons. The van der Waals surface area contributed by atoms with Gasteiger partial charge in [-0.3, -0.25) is 9.35 Å². The summed E-state index contributed by atoms with van der Waals surface area (Å²) >= 11 is 11.2. The fraction of sp³-hybridized carbons (Fsp3) is 0.125. The Labute approximate surface area is 101 Å². The number of ketones is 1. The molecule has 0 saturated carbocycles. The molecular weight excluding hydrogens is 279 g/mol. The standard InChI is InChI=1S/C8H6Cl2O5S/c9-4-1-2-6(10)5(3-4)7(11)8(12)16(13,14)15/h1-3,8,12H,(H,13,14,15). The molecule has 0 heterocycles. The maximum absolute atomic E-state index is 11.4. The number of carbonyl (C=O) groups is 1. The maximum atomic E-state index is 11.4. The summed E-state index contributed by atoms with van der Waals surface area (Å²) in [6.45, 7) is 0. The highest BCUT2D eigenvalue weighted by atomic mass is 35.5. The first kappa shape index (κ1) is 13.4. The molecular formula is C8H6Cl2O5S. The van der Waals surface area contributed by atoms with Crippen LogP contribution in [0.2, 0.25) is 10.0 Å². The summed E-state index contributed by atoms with van der Waals surface area (Å²) in [6.07, 6.45) is 0. The van der Waals surface area contributed by atoms with Crippen LogP contribution in [0.4, 0.5) is 0 Å². The first-order chi connectivity index (χ1) is 7.23. The van der Waals surface area contributed by atoms with E-state index in [0.29, 0.717) is 0 Å². The predicted molar refractivity (Wildman–Crippen MR) is 58.3 cm³/mol. The summed E-state index contributed by atoms with van der Waals surface area (Å²) in [5.74, 6) is -1.24. The first-order valence-electron chi connectivity index (χ1n) is 3.87. The van der Waals surface area contributed by atoms with Crippen LogP contribution in [0.3, 0.4) is 0 Å². The molecule has 0 aliphatic rings. The number of aliphatic hydroxyl groups is 1.